The summed E-state index contributed by atoms with van der Waals surface area (Å²) >= 11 is 0. The van der Waals surface area contributed by atoms with Gasteiger partial charge in [-0.15, -0.1) is 0 Å². The molecule has 45 heavy (non-hydrogen) atoms. The number of ether oxygens (including phenoxy) is 3. The first kappa shape index (κ1) is 30.0. The van der Waals surface area contributed by atoms with Crippen LogP contribution in [0.1, 0.15) is 43.9 Å². The van der Waals surface area contributed by atoms with Gasteiger partial charge in [-0.2, -0.15) is 5.10 Å². The van der Waals surface area contributed by atoms with Gasteiger partial charge in [0.15, 0.2) is 0 Å². The Morgan fingerprint density at radius 3 is 2.18 bits per heavy atom. The predicted molar refractivity (Wildman–Crippen MR) is 178 cm³/mol. The van der Waals surface area contributed by atoms with Crippen molar-refractivity contribution in [3.63, 3.8) is 0 Å². The molecule has 6 rings (SSSR count). The lowest BCUT2D eigenvalue weighted by Gasteiger charge is -2.29. The summed E-state index contributed by atoms with van der Waals surface area (Å²) in [6, 6.07) is 32.7. The van der Waals surface area contributed by atoms with Crippen molar-refractivity contribution in [2.24, 2.45) is 7.05 Å². The number of carbonyl (C=O) groups is 1. The molecule has 7 heteroatoms. The van der Waals surface area contributed by atoms with Crippen LogP contribution in [0.2, 0.25) is 0 Å². The van der Waals surface area contributed by atoms with E-state index < -0.39 is 5.60 Å². The van der Waals surface area contributed by atoms with Crippen LogP contribution in [0.25, 0.3) is 27.7 Å². The summed E-state index contributed by atoms with van der Waals surface area (Å²) in [5, 5.41) is 6.00. The molecular formula is C38H39N3O4. The number of aromatic nitrogens is 2. The number of aryl methyl sites for hydroxylation is 1. The van der Waals surface area contributed by atoms with Crippen LogP contribution in [0, 0.1) is 0 Å². The Bertz CT molecular complexity index is 1820. The Morgan fingerprint density at radius 1 is 0.844 bits per heavy atom. The van der Waals surface area contributed by atoms with E-state index in [-0.39, 0.29) is 6.09 Å². The van der Waals surface area contributed by atoms with Gasteiger partial charge in [-0.3, -0.25) is 4.68 Å². The van der Waals surface area contributed by atoms with Gasteiger partial charge < -0.3 is 19.1 Å². The number of hydrogen-bond donors (Lipinski definition) is 0. The van der Waals surface area contributed by atoms with Crippen molar-refractivity contribution in [2.75, 3.05) is 13.1 Å². The van der Waals surface area contributed by atoms with Crippen LogP contribution in [0.5, 0.6) is 11.5 Å². The van der Waals surface area contributed by atoms with E-state index in [0.29, 0.717) is 32.1 Å². The molecule has 4 aromatic carbocycles. The summed E-state index contributed by atoms with van der Waals surface area (Å²) in [4.78, 5) is 14.3. The maximum absolute atomic E-state index is 12.5. The molecule has 0 aliphatic carbocycles. The number of fused-ring (bicyclic) bond motifs is 1. The highest BCUT2D eigenvalue weighted by Gasteiger charge is 2.24. The SMILES string of the molecule is Cn1nc(-c2ccc(OCc3ccccc3)cc2OCc2ccccc2)c2ccc(C3=CCN(C(=O)OC(C)(C)C)CC3)cc21. The summed E-state index contributed by atoms with van der Waals surface area (Å²) in [5.74, 6) is 1.45. The fourth-order valence-corrected chi connectivity index (χ4v) is 5.46. The van der Waals surface area contributed by atoms with E-state index in [4.69, 9.17) is 19.3 Å². The maximum atomic E-state index is 12.5. The lowest BCUT2D eigenvalue weighted by molar-refractivity contribution is 0.0270. The van der Waals surface area contributed by atoms with Crippen molar-refractivity contribution in [3.8, 4) is 22.8 Å². The van der Waals surface area contributed by atoms with E-state index in [0.717, 1.165) is 51.0 Å². The van der Waals surface area contributed by atoms with Gasteiger partial charge in [0, 0.05) is 37.2 Å². The fraction of sp³-hybridized carbons (Fsp3) is 0.263. The second-order valence-electron chi connectivity index (χ2n) is 12.3. The van der Waals surface area contributed by atoms with Crippen molar-refractivity contribution >= 4 is 22.6 Å². The van der Waals surface area contributed by atoms with Crippen LogP contribution >= 0.6 is 0 Å². The Morgan fingerprint density at radius 2 is 1.53 bits per heavy atom. The zero-order chi connectivity index (χ0) is 31.4. The first-order valence-electron chi connectivity index (χ1n) is 15.4. The van der Waals surface area contributed by atoms with Crippen LogP contribution in [0.15, 0.2) is 103 Å². The number of amides is 1. The molecule has 7 nitrogen and oxygen atoms in total. The summed E-state index contributed by atoms with van der Waals surface area (Å²) in [6.45, 7) is 7.72. The zero-order valence-electron chi connectivity index (χ0n) is 26.3. The van der Waals surface area contributed by atoms with Gasteiger partial charge in [0.05, 0.1) is 5.52 Å². The summed E-state index contributed by atoms with van der Waals surface area (Å²) in [5.41, 5.74) is 6.80. The second-order valence-corrected chi connectivity index (χ2v) is 12.3. The van der Waals surface area contributed by atoms with Gasteiger partial charge in [-0.05, 0) is 73.7 Å². The highest BCUT2D eigenvalue weighted by atomic mass is 16.6. The summed E-state index contributed by atoms with van der Waals surface area (Å²) < 4.78 is 20.1. The smallest absolute Gasteiger partial charge is 0.410 e. The monoisotopic (exact) mass is 601 g/mol. The quantitative estimate of drug-likeness (QED) is 0.179. The standard InChI is InChI=1S/C38H39N3O4/c1-38(2,3)45-37(42)41-21-19-29(20-22-41)30-15-17-32-34(23-30)40(4)39-36(32)33-18-16-31(43-25-27-11-7-5-8-12-27)24-35(33)44-26-28-13-9-6-10-14-28/h5-19,23-24H,20-22,25-26H2,1-4H3. The minimum atomic E-state index is -0.509. The molecule has 1 amide bonds. The van der Waals surface area contributed by atoms with E-state index in [1.54, 1.807) is 4.90 Å². The van der Waals surface area contributed by atoms with E-state index in [2.05, 4.69) is 48.5 Å². The zero-order valence-corrected chi connectivity index (χ0v) is 26.3. The topological polar surface area (TPSA) is 65.8 Å². The van der Waals surface area contributed by atoms with Crippen molar-refractivity contribution in [3.05, 3.63) is 120 Å². The molecule has 0 saturated carbocycles. The van der Waals surface area contributed by atoms with Gasteiger partial charge in [-0.25, -0.2) is 4.79 Å². The highest BCUT2D eigenvalue weighted by molar-refractivity contribution is 5.96. The number of rotatable bonds is 8. The van der Waals surface area contributed by atoms with Gasteiger partial charge in [0.2, 0.25) is 0 Å². The van der Waals surface area contributed by atoms with Crippen LogP contribution in [-0.2, 0) is 25.0 Å². The van der Waals surface area contributed by atoms with Crippen LogP contribution in [-0.4, -0.2) is 39.5 Å². The first-order chi connectivity index (χ1) is 21.7. The number of carbonyl (C=O) groups excluding carboxylic acids is 1. The van der Waals surface area contributed by atoms with Crippen molar-refractivity contribution in [2.45, 2.75) is 46.0 Å². The van der Waals surface area contributed by atoms with E-state index in [1.807, 2.05) is 87.1 Å². The molecule has 0 atom stereocenters. The van der Waals surface area contributed by atoms with Gasteiger partial charge in [-0.1, -0.05) is 72.8 Å². The average Bonchev–Trinajstić information content (AvgIpc) is 3.38. The highest BCUT2D eigenvalue weighted by Crippen LogP contribution is 2.38. The molecule has 1 aliphatic rings. The molecule has 0 fully saturated rings. The normalized spacial score (nSPS) is 13.4. The lowest BCUT2D eigenvalue weighted by atomic mass is 9.97. The maximum Gasteiger partial charge on any atom is 0.410 e. The third-order valence-electron chi connectivity index (χ3n) is 7.78. The van der Waals surface area contributed by atoms with Crippen LogP contribution < -0.4 is 9.47 Å². The van der Waals surface area contributed by atoms with Crippen molar-refractivity contribution in [1.29, 1.82) is 0 Å². The van der Waals surface area contributed by atoms with Gasteiger partial charge in [0.25, 0.3) is 0 Å². The molecule has 0 bridgehead atoms. The number of hydrogen-bond acceptors (Lipinski definition) is 5. The molecule has 2 heterocycles. The molecule has 0 radical (unpaired) electrons. The molecule has 1 aromatic heterocycles. The molecule has 230 valence electrons. The van der Waals surface area contributed by atoms with Crippen LogP contribution in [0.4, 0.5) is 4.79 Å². The van der Waals surface area contributed by atoms with Crippen LogP contribution in [0.3, 0.4) is 0 Å². The Hall–Kier alpha value is -5.04. The summed E-state index contributed by atoms with van der Waals surface area (Å²) in [6.07, 6.45) is 2.61. The fourth-order valence-electron chi connectivity index (χ4n) is 5.46. The van der Waals surface area contributed by atoms with Gasteiger partial charge in [0.1, 0.15) is 36.0 Å². The lowest BCUT2D eigenvalue weighted by Crippen LogP contribution is -2.39. The van der Waals surface area contributed by atoms with E-state index >= 15 is 0 Å². The molecule has 0 spiro atoms. The molecule has 0 unspecified atom stereocenters. The summed E-state index contributed by atoms with van der Waals surface area (Å²) in [7, 11) is 1.97. The molecule has 5 aromatic rings. The van der Waals surface area contributed by atoms with Gasteiger partial charge >= 0.3 is 6.09 Å². The third-order valence-corrected chi connectivity index (χ3v) is 7.78. The first-order valence-corrected chi connectivity index (χ1v) is 15.4. The van der Waals surface area contributed by atoms with Crippen molar-refractivity contribution in [1.82, 2.24) is 14.7 Å². The predicted octanol–water partition coefficient (Wildman–Crippen LogP) is 8.42. The molecule has 1 aliphatic heterocycles. The average molecular weight is 602 g/mol. The molecule has 0 saturated heterocycles. The van der Waals surface area contributed by atoms with E-state index in [9.17, 15) is 4.79 Å². The molecular weight excluding hydrogens is 562 g/mol. The molecule has 0 N–H and O–H groups in total. The Labute approximate surface area is 264 Å². The number of nitrogens with zero attached hydrogens (tertiary/aromatic N) is 3. The number of benzene rings is 4. The van der Waals surface area contributed by atoms with E-state index in [1.165, 1.54) is 5.57 Å². The Kier molecular flexibility index (Phi) is 8.60. The van der Waals surface area contributed by atoms with Crippen molar-refractivity contribution < 1.29 is 19.0 Å². The minimum absolute atomic E-state index is 0.272. The Balaban J connectivity index is 1.27. The minimum Gasteiger partial charge on any atom is -0.489 e. The largest absolute Gasteiger partial charge is 0.489 e. The second kappa shape index (κ2) is 12.9. The third kappa shape index (κ3) is 7.20.